The van der Waals surface area contributed by atoms with Crippen LogP contribution in [0.5, 0.6) is 0 Å². The highest BCUT2D eigenvalue weighted by Gasteiger charge is 2.19. The van der Waals surface area contributed by atoms with Gasteiger partial charge in [0.15, 0.2) is 5.58 Å². The Morgan fingerprint density at radius 2 is 1.46 bits per heavy atom. The van der Waals surface area contributed by atoms with E-state index in [1.807, 2.05) is 18.2 Å². The number of oxazole rings is 1. The van der Waals surface area contributed by atoms with Crippen LogP contribution in [0.4, 0.5) is 11.4 Å². The average molecular weight is 596 g/mol. The Hall–Kier alpha value is -3.90. The second-order valence-corrected chi connectivity index (χ2v) is 13.8. The first-order chi connectivity index (χ1) is 18.7. The molecule has 0 atom stereocenters. The zero-order chi connectivity index (χ0) is 27.2. The van der Waals surface area contributed by atoms with E-state index < -0.39 is 20.0 Å². The fourth-order valence-electron chi connectivity index (χ4n) is 4.08. The molecule has 6 rings (SSSR count). The molecule has 6 aromatic rings. The van der Waals surface area contributed by atoms with Crippen molar-refractivity contribution < 1.29 is 21.3 Å². The molecule has 0 unspecified atom stereocenters. The number of sulfonamides is 2. The summed E-state index contributed by atoms with van der Waals surface area (Å²) in [5.41, 5.74) is 2.25. The molecule has 196 valence electrons. The highest BCUT2D eigenvalue weighted by molar-refractivity contribution is 7.94. The number of benzene rings is 4. The quantitative estimate of drug-likeness (QED) is 0.206. The van der Waals surface area contributed by atoms with E-state index in [2.05, 4.69) is 14.4 Å². The lowest BCUT2D eigenvalue weighted by molar-refractivity contribution is 0.600. The molecule has 0 spiro atoms. The van der Waals surface area contributed by atoms with Gasteiger partial charge in [0.2, 0.25) is 5.89 Å². The third-order valence-electron chi connectivity index (χ3n) is 5.88. The van der Waals surface area contributed by atoms with Crippen LogP contribution in [0.25, 0.3) is 33.3 Å². The molecule has 2 aromatic heterocycles. The monoisotopic (exact) mass is 595 g/mol. The van der Waals surface area contributed by atoms with Crippen LogP contribution in [0.2, 0.25) is 4.34 Å². The number of hydrogen-bond acceptors (Lipinski definition) is 7. The number of halogens is 1. The number of nitrogens with one attached hydrogen (secondary N) is 2. The van der Waals surface area contributed by atoms with Gasteiger partial charge in [-0.3, -0.25) is 9.44 Å². The third-order valence-corrected chi connectivity index (χ3v) is 10.4. The van der Waals surface area contributed by atoms with Gasteiger partial charge in [-0.1, -0.05) is 48.0 Å². The van der Waals surface area contributed by atoms with Crippen LogP contribution >= 0.6 is 22.9 Å². The summed E-state index contributed by atoms with van der Waals surface area (Å²) in [4.78, 5) is 4.67. The van der Waals surface area contributed by atoms with Gasteiger partial charge in [0, 0.05) is 16.6 Å². The average Bonchev–Trinajstić information content (AvgIpc) is 3.55. The van der Waals surface area contributed by atoms with E-state index in [9.17, 15) is 16.8 Å². The Balaban J connectivity index is 1.23. The van der Waals surface area contributed by atoms with Crippen molar-refractivity contribution in [1.29, 1.82) is 0 Å². The van der Waals surface area contributed by atoms with Crippen molar-refractivity contribution >= 4 is 76.2 Å². The van der Waals surface area contributed by atoms with Gasteiger partial charge in [0.25, 0.3) is 20.0 Å². The number of thiophene rings is 1. The predicted octanol–water partition coefficient (Wildman–Crippen LogP) is 6.96. The van der Waals surface area contributed by atoms with Gasteiger partial charge >= 0.3 is 0 Å². The van der Waals surface area contributed by atoms with Crippen molar-refractivity contribution in [3.05, 3.63) is 101 Å². The smallest absolute Gasteiger partial charge is 0.271 e. The second-order valence-electron chi connectivity index (χ2n) is 8.53. The minimum atomic E-state index is -3.83. The summed E-state index contributed by atoms with van der Waals surface area (Å²) in [6.45, 7) is 0. The second kappa shape index (κ2) is 9.69. The van der Waals surface area contributed by atoms with E-state index >= 15 is 0 Å². The molecule has 2 N–H and O–H groups in total. The van der Waals surface area contributed by atoms with E-state index in [0.717, 1.165) is 16.7 Å². The minimum Gasteiger partial charge on any atom is -0.436 e. The Kier molecular flexibility index (Phi) is 6.31. The summed E-state index contributed by atoms with van der Waals surface area (Å²) in [5.74, 6) is 0.304. The van der Waals surface area contributed by atoms with Crippen molar-refractivity contribution in [3.63, 3.8) is 0 Å². The lowest BCUT2D eigenvalue weighted by Crippen LogP contribution is -2.13. The Morgan fingerprint density at radius 1 is 0.744 bits per heavy atom. The maximum atomic E-state index is 13.1. The van der Waals surface area contributed by atoms with Gasteiger partial charge in [-0.15, -0.1) is 11.3 Å². The molecule has 2 heterocycles. The standard InChI is InChI=1S/C27H18ClN3O5S3/c28-25-14-15-26(37-25)39(34,35)31-20-12-13-23-22(16-20)29-27(36-23)18-8-10-19(11-9-18)30-38(32,33)24-7-3-5-17-4-1-2-6-21(17)24/h1-16,30-31H. The summed E-state index contributed by atoms with van der Waals surface area (Å²) < 4.78 is 62.9. The fourth-order valence-corrected chi connectivity index (χ4v) is 7.90. The summed E-state index contributed by atoms with van der Waals surface area (Å²) in [6.07, 6.45) is 0. The van der Waals surface area contributed by atoms with E-state index in [1.54, 1.807) is 66.7 Å². The van der Waals surface area contributed by atoms with Crippen LogP contribution in [-0.4, -0.2) is 21.8 Å². The molecule has 0 aliphatic carbocycles. The third kappa shape index (κ3) is 5.09. The van der Waals surface area contributed by atoms with Gasteiger partial charge in [0.1, 0.15) is 9.73 Å². The molecule has 0 saturated heterocycles. The molecule has 4 aromatic carbocycles. The van der Waals surface area contributed by atoms with Crippen LogP contribution in [0, 0.1) is 0 Å². The summed E-state index contributed by atoms with van der Waals surface area (Å²) >= 11 is 6.83. The molecule has 39 heavy (non-hydrogen) atoms. The summed E-state index contributed by atoms with van der Waals surface area (Å²) in [7, 11) is -7.62. The molecular formula is C27H18ClN3O5S3. The van der Waals surface area contributed by atoms with Crippen molar-refractivity contribution in [2.75, 3.05) is 9.44 Å². The highest BCUT2D eigenvalue weighted by atomic mass is 35.5. The van der Waals surface area contributed by atoms with E-state index in [1.165, 1.54) is 12.1 Å². The topological polar surface area (TPSA) is 118 Å². The molecular weight excluding hydrogens is 578 g/mol. The molecule has 0 aliphatic rings. The first-order valence-corrected chi connectivity index (χ1v) is 15.6. The van der Waals surface area contributed by atoms with Crippen molar-refractivity contribution in [3.8, 4) is 11.5 Å². The van der Waals surface area contributed by atoms with Crippen molar-refractivity contribution in [2.24, 2.45) is 0 Å². The molecule has 0 radical (unpaired) electrons. The largest absolute Gasteiger partial charge is 0.436 e. The molecule has 8 nitrogen and oxygen atoms in total. The Morgan fingerprint density at radius 3 is 2.23 bits per heavy atom. The van der Waals surface area contributed by atoms with Crippen LogP contribution < -0.4 is 9.44 Å². The van der Waals surface area contributed by atoms with E-state index in [-0.39, 0.29) is 9.10 Å². The zero-order valence-corrected chi connectivity index (χ0v) is 23.0. The highest BCUT2D eigenvalue weighted by Crippen LogP contribution is 2.31. The number of aromatic nitrogens is 1. The molecule has 0 aliphatic heterocycles. The number of fused-ring (bicyclic) bond motifs is 2. The number of anilines is 2. The fraction of sp³-hybridized carbons (Fsp3) is 0. The zero-order valence-electron chi connectivity index (χ0n) is 19.8. The Bertz CT molecular complexity index is 2060. The van der Waals surface area contributed by atoms with E-state index in [4.69, 9.17) is 16.0 Å². The lowest BCUT2D eigenvalue weighted by Gasteiger charge is -2.11. The number of rotatable bonds is 7. The van der Waals surface area contributed by atoms with Gasteiger partial charge < -0.3 is 4.42 Å². The van der Waals surface area contributed by atoms with Crippen LogP contribution in [0.1, 0.15) is 0 Å². The van der Waals surface area contributed by atoms with Crippen molar-refractivity contribution in [2.45, 2.75) is 9.10 Å². The molecule has 0 bridgehead atoms. The van der Waals surface area contributed by atoms with Gasteiger partial charge in [0.05, 0.1) is 14.9 Å². The van der Waals surface area contributed by atoms with Gasteiger partial charge in [-0.2, -0.15) is 0 Å². The molecule has 0 saturated carbocycles. The van der Waals surface area contributed by atoms with Crippen LogP contribution in [0.15, 0.2) is 111 Å². The maximum absolute atomic E-state index is 13.1. The van der Waals surface area contributed by atoms with Gasteiger partial charge in [-0.05, 0) is 66.0 Å². The maximum Gasteiger partial charge on any atom is 0.271 e. The first kappa shape index (κ1) is 25.4. The Labute approximate surface area is 233 Å². The first-order valence-electron chi connectivity index (χ1n) is 11.5. The predicted molar refractivity (Wildman–Crippen MR) is 154 cm³/mol. The SMILES string of the molecule is O=S(=O)(Nc1ccc2oc(-c3ccc(NS(=O)(=O)c4cccc5ccccc45)cc3)nc2c1)c1ccc(Cl)s1. The minimum absolute atomic E-state index is 0.101. The molecule has 12 heteroatoms. The summed E-state index contributed by atoms with van der Waals surface area (Å²) in [6, 6.07) is 26.8. The van der Waals surface area contributed by atoms with Crippen LogP contribution in [-0.2, 0) is 20.0 Å². The van der Waals surface area contributed by atoms with Gasteiger partial charge in [-0.25, -0.2) is 21.8 Å². The molecule has 0 amide bonds. The normalized spacial score (nSPS) is 12.1. The summed E-state index contributed by atoms with van der Waals surface area (Å²) in [5, 5.41) is 1.47. The molecule has 0 fully saturated rings. The van der Waals surface area contributed by atoms with E-state index in [0.29, 0.717) is 43.7 Å². The lowest BCUT2D eigenvalue weighted by atomic mass is 10.1. The number of hydrogen-bond donors (Lipinski definition) is 2. The van der Waals surface area contributed by atoms with Crippen LogP contribution in [0.3, 0.4) is 0 Å². The van der Waals surface area contributed by atoms with Crippen molar-refractivity contribution in [1.82, 2.24) is 4.98 Å². The number of nitrogens with zero attached hydrogens (tertiary/aromatic N) is 1.